The van der Waals surface area contributed by atoms with Crippen molar-refractivity contribution in [1.29, 1.82) is 0 Å². The van der Waals surface area contributed by atoms with Crippen LogP contribution < -0.4 is 0 Å². The Hall–Kier alpha value is 0.330. The molecule has 4 heteroatoms. The molecule has 0 amide bonds. The highest BCUT2D eigenvalue weighted by Gasteiger charge is 2.23. The standard InChI is InChI=1S/C10H10Br2OS/c11-9-5-7(10(12)14-9)8(13)4-3-6-1-2-6/h5-6H,1-4H2. The van der Waals surface area contributed by atoms with Gasteiger partial charge in [0.1, 0.15) is 0 Å². The highest BCUT2D eigenvalue weighted by Crippen LogP contribution is 2.36. The molecule has 0 spiro atoms. The first-order valence-electron chi connectivity index (χ1n) is 4.65. The summed E-state index contributed by atoms with van der Waals surface area (Å²) >= 11 is 8.35. The van der Waals surface area contributed by atoms with Crippen LogP contribution in [0.25, 0.3) is 0 Å². The number of carbonyl (C=O) groups excluding carboxylic acids is 1. The molecule has 1 aliphatic carbocycles. The zero-order chi connectivity index (χ0) is 10.1. The van der Waals surface area contributed by atoms with Crippen LogP contribution in [0.5, 0.6) is 0 Å². The van der Waals surface area contributed by atoms with E-state index in [0.29, 0.717) is 6.42 Å². The van der Waals surface area contributed by atoms with Crippen LogP contribution in [0.1, 0.15) is 36.0 Å². The fraction of sp³-hybridized carbons (Fsp3) is 0.500. The van der Waals surface area contributed by atoms with E-state index in [1.807, 2.05) is 6.07 Å². The molecule has 1 saturated carbocycles. The van der Waals surface area contributed by atoms with Crippen LogP contribution in [-0.2, 0) is 0 Å². The van der Waals surface area contributed by atoms with Crippen LogP contribution in [-0.4, -0.2) is 5.78 Å². The van der Waals surface area contributed by atoms with Crippen molar-refractivity contribution >= 4 is 49.0 Å². The van der Waals surface area contributed by atoms with Gasteiger partial charge in [-0.05, 0) is 50.3 Å². The van der Waals surface area contributed by atoms with E-state index >= 15 is 0 Å². The number of ketones is 1. The third kappa shape index (κ3) is 2.67. The quantitative estimate of drug-likeness (QED) is 0.731. The molecule has 1 aliphatic rings. The molecule has 1 fully saturated rings. The average Bonchev–Trinajstić information content (AvgIpc) is 2.88. The van der Waals surface area contributed by atoms with Gasteiger partial charge in [0, 0.05) is 12.0 Å². The van der Waals surface area contributed by atoms with Crippen molar-refractivity contribution in [3.05, 3.63) is 19.2 Å². The predicted octanol–water partition coefficient (Wildman–Crippen LogP) is 4.65. The number of rotatable bonds is 4. The molecule has 0 aliphatic heterocycles. The maximum Gasteiger partial charge on any atom is 0.164 e. The summed E-state index contributed by atoms with van der Waals surface area (Å²) in [5, 5.41) is 0. The Bertz CT molecular complexity index is 355. The lowest BCUT2D eigenvalue weighted by molar-refractivity contribution is 0.0978. The zero-order valence-corrected chi connectivity index (χ0v) is 11.5. The van der Waals surface area contributed by atoms with Gasteiger partial charge in [-0.1, -0.05) is 12.8 Å². The topological polar surface area (TPSA) is 17.1 Å². The molecule has 0 radical (unpaired) electrons. The second-order valence-corrected chi connectivity index (χ2v) is 7.39. The number of thiophene rings is 1. The van der Waals surface area contributed by atoms with Gasteiger partial charge in [0.2, 0.25) is 0 Å². The third-order valence-corrected chi connectivity index (χ3v) is 4.77. The van der Waals surface area contributed by atoms with Crippen molar-refractivity contribution in [2.24, 2.45) is 5.92 Å². The molecule has 0 unspecified atom stereocenters. The van der Waals surface area contributed by atoms with Gasteiger partial charge < -0.3 is 0 Å². The monoisotopic (exact) mass is 336 g/mol. The Morgan fingerprint density at radius 3 is 2.71 bits per heavy atom. The summed E-state index contributed by atoms with van der Waals surface area (Å²) in [6.07, 6.45) is 4.41. The van der Waals surface area contributed by atoms with Gasteiger partial charge in [-0.25, -0.2) is 0 Å². The molecule has 1 aromatic rings. The molecule has 1 aromatic heterocycles. The first kappa shape index (κ1) is 10.8. The maximum absolute atomic E-state index is 11.8. The van der Waals surface area contributed by atoms with E-state index in [0.717, 1.165) is 25.5 Å². The van der Waals surface area contributed by atoms with Crippen LogP contribution in [0.3, 0.4) is 0 Å². The molecule has 1 heterocycles. The Labute approximate surface area is 104 Å². The van der Waals surface area contributed by atoms with Crippen molar-refractivity contribution < 1.29 is 4.79 Å². The van der Waals surface area contributed by atoms with Gasteiger partial charge in [-0.3, -0.25) is 4.79 Å². The van der Waals surface area contributed by atoms with E-state index in [1.54, 1.807) is 11.3 Å². The van der Waals surface area contributed by atoms with Gasteiger partial charge in [-0.15, -0.1) is 11.3 Å². The van der Waals surface area contributed by atoms with E-state index in [9.17, 15) is 4.79 Å². The molecular weight excluding hydrogens is 328 g/mol. The number of carbonyl (C=O) groups is 1. The van der Waals surface area contributed by atoms with Gasteiger partial charge in [-0.2, -0.15) is 0 Å². The second kappa shape index (κ2) is 4.45. The summed E-state index contributed by atoms with van der Waals surface area (Å²) in [6.45, 7) is 0. The minimum absolute atomic E-state index is 0.269. The number of halogens is 2. The van der Waals surface area contributed by atoms with Gasteiger partial charge in [0.25, 0.3) is 0 Å². The highest BCUT2D eigenvalue weighted by atomic mass is 79.9. The van der Waals surface area contributed by atoms with Crippen LogP contribution in [0.15, 0.2) is 13.6 Å². The average molecular weight is 338 g/mol. The fourth-order valence-corrected chi connectivity index (χ4v) is 4.26. The Kier molecular flexibility index (Phi) is 3.45. The summed E-state index contributed by atoms with van der Waals surface area (Å²) in [6, 6.07) is 1.91. The molecule has 0 N–H and O–H groups in total. The van der Waals surface area contributed by atoms with Gasteiger partial charge >= 0.3 is 0 Å². The minimum Gasteiger partial charge on any atom is -0.294 e. The first-order chi connectivity index (χ1) is 6.66. The van der Waals surface area contributed by atoms with E-state index in [-0.39, 0.29) is 5.78 Å². The van der Waals surface area contributed by atoms with E-state index < -0.39 is 0 Å². The summed E-state index contributed by atoms with van der Waals surface area (Å²) in [4.78, 5) is 11.8. The molecule has 76 valence electrons. The van der Waals surface area contributed by atoms with Crippen LogP contribution >= 0.6 is 43.2 Å². The Balaban J connectivity index is 1.98. The predicted molar refractivity (Wildman–Crippen MR) is 66.0 cm³/mol. The molecule has 0 bridgehead atoms. The summed E-state index contributed by atoms with van der Waals surface area (Å²) in [5.74, 6) is 1.10. The Morgan fingerprint density at radius 1 is 1.50 bits per heavy atom. The molecule has 0 aromatic carbocycles. The second-order valence-electron chi connectivity index (χ2n) is 3.64. The summed E-state index contributed by atoms with van der Waals surface area (Å²) in [7, 11) is 0. The van der Waals surface area contributed by atoms with Crippen LogP contribution in [0.2, 0.25) is 0 Å². The van der Waals surface area contributed by atoms with Crippen molar-refractivity contribution in [2.45, 2.75) is 25.7 Å². The molecule has 0 atom stereocenters. The molecule has 1 nitrogen and oxygen atoms in total. The minimum atomic E-state index is 0.269. The Morgan fingerprint density at radius 2 is 2.21 bits per heavy atom. The SMILES string of the molecule is O=C(CCC1CC1)c1cc(Br)sc1Br. The lowest BCUT2D eigenvalue weighted by atomic mass is 10.1. The summed E-state index contributed by atoms with van der Waals surface area (Å²) in [5.41, 5.74) is 0.836. The van der Waals surface area contributed by atoms with Gasteiger partial charge in [0.05, 0.1) is 7.57 Å². The normalized spacial score (nSPS) is 15.9. The number of hydrogen-bond donors (Lipinski definition) is 0. The lowest BCUT2D eigenvalue weighted by Crippen LogP contribution is -1.98. The molecule has 14 heavy (non-hydrogen) atoms. The third-order valence-electron chi connectivity index (χ3n) is 2.43. The maximum atomic E-state index is 11.8. The smallest absolute Gasteiger partial charge is 0.164 e. The lowest BCUT2D eigenvalue weighted by Gasteiger charge is -1.97. The first-order valence-corrected chi connectivity index (χ1v) is 7.05. The fourth-order valence-electron chi connectivity index (χ4n) is 1.41. The van der Waals surface area contributed by atoms with E-state index in [2.05, 4.69) is 31.9 Å². The van der Waals surface area contributed by atoms with Crippen molar-refractivity contribution in [1.82, 2.24) is 0 Å². The number of Topliss-reactive ketones (excluding diaryl/α,β-unsaturated/α-hetero) is 1. The van der Waals surface area contributed by atoms with E-state index in [1.165, 1.54) is 12.8 Å². The number of hydrogen-bond acceptors (Lipinski definition) is 2. The molecular formula is C10H10Br2OS. The van der Waals surface area contributed by atoms with E-state index in [4.69, 9.17) is 0 Å². The van der Waals surface area contributed by atoms with Crippen molar-refractivity contribution in [3.8, 4) is 0 Å². The van der Waals surface area contributed by atoms with Crippen LogP contribution in [0.4, 0.5) is 0 Å². The molecule has 2 rings (SSSR count). The van der Waals surface area contributed by atoms with Crippen LogP contribution in [0, 0.1) is 5.92 Å². The largest absolute Gasteiger partial charge is 0.294 e. The van der Waals surface area contributed by atoms with Crippen molar-refractivity contribution in [3.63, 3.8) is 0 Å². The van der Waals surface area contributed by atoms with Gasteiger partial charge in [0.15, 0.2) is 5.78 Å². The summed E-state index contributed by atoms with van der Waals surface area (Å²) < 4.78 is 1.96. The highest BCUT2D eigenvalue weighted by molar-refractivity contribution is 9.12. The van der Waals surface area contributed by atoms with Crippen molar-refractivity contribution in [2.75, 3.05) is 0 Å². The molecule has 0 saturated heterocycles. The zero-order valence-electron chi connectivity index (χ0n) is 7.56.